The summed E-state index contributed by atoms with van der Waals surface area (Å²) < 4.78 is 54.8. The van der Waals surface area contributed by atoms with Gasteiger partial charge in [-0.3, -0.25) is 15.1 Å². The number of nitrogens with zero attached hydrogens (tertiary/aromatic N) is 2. The zero-order valence-corrected chi connectivity index (χ0v) is 21.1. The molecular formula is C24H29F4N5O3S. The fourth-order valence-corrected chi connectivity index (χ4v) is 5.90. The largest absolute Gasteiger partial charge is 0.503 e. The Morgan fingerprint density at radius 2 is 1.97 bits per heavy atom. The third kappa shape index (κ3) is 5.49. The SMILES string of the molecule is CCN(C(O)c1[nH]cc(C2NN=C(Cc3ccc(F)cc3F)S2)c(=O)c1O)C1(NC)CCC(F)(F)CC1. The number of hydrogen-bond donors (Lipinski definition) is 5. The van der Waals surface area contributed by atoms with Gasteiger partial charge in [-0.15, -0.1) is 0 Å². The van der Waals surface area contributed by atoms with E-state index in [2.05, 4.69) is 20.8 Å². The van der Waals surface area contributed by atoms with Gasteiger partial charge in [-0.25, -0.2) is 17.6 Å². The maximum atomic E-state index is 14.0. The van der Waals surface area contributed by atoms with Gasteiger partial charge in [0.25, 0.3) is 0 Å². The lowest BCUT2D eigenvalue weighted by Crippen LogP contribution is -2.61. The van der Waals surface area contributed by atoms with E-state index in [1.807, 2.05) is 0 Å². The molecule has 0 bridgehead atoms. The lowest BCUT2D eigenvalue weighted by atomic mass is 9.84. The minimum absolute atomic E-state index is 0.0713. The fraction of sp³-hybridized carbons (Fsp3) is 0.500. The molecule has 0 saturated heterocycles. The van der Waals surface area contributed by atoms with Crippen LogP contribution in [0.25, 0.3) is 0 Å². The lowest BCUT2D eigenvalue weighted by molar-refractivity contribution is -0.138. The van der Waals surface area contributed by atoms with Crippen molar-refractivity contribution in [1.29, 1.82) is 0 Å². The smallest absolute Gasteiger partial charge is 0.248 e. The van der Waals surface area contributed by atoms with E-state index in [0.29, 0.717) is 5.04 Å². The third-order valence-electron chi connectivity index (χ3n) is 7.03. The number of aliphatic hydroxyl groups is 1. The maximum Gasteiger partial charge on any atom is 0.248 e. The van der Waals surface area contributed by atoms with Crippen molar-refractivity contribution in [1.82, 2.24) is 20.6 Å². The fourth-order valence-electron chi connectivity index (χ4n) is 4.88. The van der Waals surface area contributed by atoms with E-state index in [1.165, 1.54) is 12.3 Å². The number of H-pyrrole nitrogens is 1. The second-order valence-electron chi connectivity index (χ2n) is 9.18. The Balaban J connectivity index is 1.51. The number of rotatable bonds is 8. The molecule has 2 atom stereocenters. The summed E-state index contributed by atoms with van der Waals surface area (Å²) in [4.78, 5) is 17.4. The highest BCUT2D eigenvalue weighted by Crippen LogP contribution is 2.43. The molecule has 202 valence electrons. The molecule has 1 saturated carbocycles. The molecular weight excluding hydrogens is 514 g/mol. The van der Waals surface area contributed by atoms with Crippen LogP contribution in [-0.2, 0) is 6.42 Å². The van der Waals surface area contributed by atoms with E-state index in [-0.39, 0.29) is 55.5 Å². The first-order chi connectivity index (χ1) is 17.5. The van der Waals surface area contributed by atoms with Crippen LogP contribution in [0.15, 0.2) is 34.3 Å². The topological polar surface area (TPSA) is 113 Å². The van der Waals surface area contributed by atoms with Crippen molar-refractivity contribution in [3.63, 3.8) is 0 Å². The highest BCUT2D eigenvalue weighted by Gasteiger charge is 2.47. The number of hydrogen-bond acceptors (Lipinski definition) is 8. The Labute approximate surface area is 215 Å². The molecule has 8 nitrogen and oxygen atoms in total. The molecule has 2 heterocycles. The molecule has 0 radical (unpaired) electrons. The summed E-state index contributed by atoms with van der Waals surface area (Å²) in [5.41, 5.74) is 1.29. The summed E-state index contributed by atoms with van der Waals surface area (Å²) in [6, 6.07) is 3.25. The van der Waals surface area contributed by atoms with Crippen molar-refractivity contribution < 1.29 is 27.8 Å². The summed E-state index contributed by atoms with van der Waals surface area (Å²) >= 11 is 1.14. The highest BCUT2D eigenvalue weighted by atomic mass is 32.2. The molecule has 1 aromatic heterocycles. The van der Waals surface area contributed by atoms with Gasteiger partial charge < -0.3 is 20.5 Å². The summed E-state index contributed by atoms with van der Waals surface area (Å²) in [6.07, 6.45) is -0.609. The van der Waals surface area contributed by atoms with Crippen molar-refractivity contribution in [3.05, 3.63) is 63.1 Å². The monoisotopic (exact) mass is 543 g/mol. The standard InChI is InChI=1S/C24H29F4N5O3S/c1-3-33(24(29-2)8-6-23(27,28)7-9-24)22(36)18-20(35)19(34)15(12-30-18)21-32-31-17(37-21)10-13-4-5-14(25)11-16(13)26/h4-5,11-12,21-22,29,32,35-36H,3,6-10H2,1-2H3,(H,30,34). The lowest BCUT2D eigenvalue weighted by Gasteiger charge is -2.49. The Morgan fingerprint density at radius 1 is 1.27 bits per heavy atom. The van der Waals surface area contributed by atoms with Crippen molar-refractivity contribution >= 4 is 16.8 Å². The van der Waals surface area contributed by atoms with Crippen LogP contribution in [0, 0.1) is 11.6 Å². The molecule has 0 amide bonds. The number of alkyl halides is 2. The number of benzene rings is 1. The quantitative estimate of drug-likeness (QED) is 0.255. The van der Waals surface area contributed by atoms with Crippen LogP contribution in [-0.4, -0.2) is 50.3 Å². The van der Waals surface area contributed by atoms with E-state index in [4.69, 9.17) is 0 Å². The second kappa shape index (κ2) is 10.6. The minimum Gasteiger partial charge on any atom is -0.503 e. The maximum absolute atomic E-state index is 14.0. The van der Waals surface area contributed by atoms with Crippen LogP contribution in [0.1, 0.15) is 61.0 Å². The Morgan fingerprint density at radius 3 is 2.59 bits per heavy atom. The molecule has 1 aromatic carbocycles. The highest BCUT2D eigenvalue weighted by molar-refractivity contribution is 8.14. The molecule has 1 aliphatic carbocycles. The van der Waals surface area contributed by atoms with Gasteiger partial charge in [0, 0.05) is 31.5 Å². The molecule has 4 rings (SSSR count). The predicted molar refractivity (Wildman–Crippen MR) is 132 cm³/mol. The average Bonchev–Trinajstić information content (AvgIpc) is 3.32. The van der Waals surface area contributed by atoms with Gasteiger partial charge in [0.2, 0.25) is 11.4 Å². The predicted octanol–water partition coefficient (Wildman–Crippen LogP) is 3.69. The van der Waals surface area contributed by atoms with E-state index >= 15 is 0 Å². The van der Waals surface area contributed by atoms with E-state index in [9.17, 15) is 32.6 Å². The zero-order valence-electron chi connectivity index (χ0n) is 20.3. The van der Waals surface area contributed by atoms with Crippen molar-refractivity contribution in [2.45, 2.75) is 62.2 Å². The average molecular weight is 544 g/mol. The Hall–Kier alpha value is -2.61. The van der Waals surface area contributed by atoms with Gasteiger partial charge in [0.15, 0.2) is 12.0 Å². The molecule has 1 fully saturated rings. The minimum atomic E-state index is -2.78. The molecule has 2 unspecified atom stereocenters. The molecule has 5 N–H and O–H groups in total. The number of thioether (sulfide) groups is 1. The molecule has 2 aromatic rings. The molecule has 2 aliphatic rings. The van der Waals surface area contributed by atoms with Crippen molar-refractivity contribution in [3.8, 4) is 5.75 Å². The van der Waals surface area contributed by atoms with Crippen LogP contribution < -0.4 is 16.2 Å². The number of aliphatic hydroxyl groups excluding tert-OH is 1. The van der Waals surface area contributed by atoms with Crippen molar-refractivity contribution in [2.75, 3.05) is 13.6 Å². The van der Waals surface area contributed by atoms with Crippen LogP contribution >= 0.6 is 11.8 Å². The van der Waals surface area contributed by atoms with E-state index in [1.54, 1.807) is 18.9 Å². The molecule has 37 heavy (non-hydrogen) atoms. The molecule has 0 spiro atoms. The van der Waals surface area contributed by atoms with Gasteiger partial charge in [-0.2, -0.15) is 5.10 Å². The number of pyridine rings is 1. The van der Waals surface area contributed by atoms with Gasteiger partial charge in [0.05, 0.1) is 16.3 Å². The van der Waals surface area contributed by atoms with Crippen LogP contribution in [0.3, 0.4) is 0 Å². The van der Waals surface area contributed by atoms with Gasteiger partial charge in [-0.05, 0) is 38.1 Å². The summed E-state index contributed by atoms with van der Waals surface area (Å²) in [5, 5.41) is 28.8. The normalized spacial score (nSPS) is 21.5. The summed E-state index contributed by atoms with van der Waals surface area (Å²) in [7, 11) is 1.63. The van der Waals surface area contributed by atoms with Crippen LogP contribution in [0.5, 0.6) is 5.75 Å². The molecule has 1 aliphatic heterocycles. The van der Waals surface area contributed by atoms with Crippen LogP contribution in [0.2, 0.25) is 0 Å². The van der Waals surface area contributed by atoms with Gasteiger partial charge >= 0.3 is 0 Å². The first kappa shape index (κ1) is 27.4. The Kier molecular flexibility index (Phi) is 7.88. The second-order valence-corrected chi connectivity index (χ2v) is 10.4. The number of hydrazone groups is 1. The van der Waals surface area contributed by atoms with E-state index < -0.39 is 46.0 Å². The van der Waals surface area contributed by atoms with Gasteiger partial charge in [0.1, 0.15) is 22.7 Å². The summed E-state index contributed by atoms with van der Waals surface area (Å²) in [6.45, 7) is 2.01. The van der Waals surface area contributed by atoms with Gasteiger partial charge in [-0.1, -0.05) is 24.8 Å². The van der Waals surface area contributed by atoms with Crippen molar-refractivity contribution in [2.24, 2.45) is 5.10 Å². The zero-order chi connectivity index (χ0) is 27.0. The summed E-state index contributed by atoms with van der Waals surface area (Å²) in [5.74, 6) is -4.87. The first-order valence-electron chi connectivity index (χ1n) is 11.9. The third-order valence-corrected chi connectivity index (χ3v) is 8.14. The first-order valence-corrected chi connectivity index (χ1v) is 12.8. The number of halogens is 4. The number of aromatic amines is 1. The Bertz CT molecular complexity index is 1230. The number of aromatic hydroxyl groups is 1. The van der Waals surface area contributed by atoms with E-state index in [0.717, 1.165) is 23.9 Å². The number of aromatic nitrogens is 1. The number of nitrogens with one attached hydrogen (secondary N) is 3. The molecule has 13 heteroatoms. The van der Waals surface area contributed by atoms with Crippen LogP contribution in [0.4, 0.5) is 17.6 Å².